The molecule has 0 atom stereocenters. The number of esters is 1. The predicted octanol–water partition coefficient (Wildman–Crippen LogP) is 1.93. The fourth-order valence-corrected chi connectivity index (χ4v) is 1.25. The first-order valence-electron chi connectivity index (χ1n) is 4.16. The Balaban J connectivity index is 3.07. The van der Waals surface area contributed by atoms with Crippen LogP contribution in [0, 0.1) is 0 Å². The Hall–Kier alpha value is -1.29. The van der Waals surface area contributed by atoms with Crippen LogP contribution in [-0.4, -0.2) is 17.7 Å². The molecule has 0 saturated carbocycles. The van der Waals surface area contributed by atoms with Crippen molar-refractivity contribution in [3.05, 3.63) is 35.4 Å². The lowest BCUT2D eigenvalue weighted by Gasteiger charge is -2.04. The number of thiol groups is 1. The van der Waals surface area contributed by atoms with E-state index in [0.717, 1.165) is 0 Å². The normalized spacial score (nSPS) is 9.57. The van der Waals surface area contributed by atoms with Crippen LogP contribution < -0.4 is 0 Å². The first-order chi connectivity index (χ1) is 6.66. The van der Waals surface area contributed by atoms with Crippen molar-refractivity contribution in [3.8, 4) is 0 Å². The van der Waals surface area contributed by atoms with E-state index in [1.807, 2.05) is 0 Å². The van der Waals surface area contributed by atoms with Crippen molar-refractivity contribution in [3.63, 3.8) is 0 Å². The molecule has 0 radical (unpaired) electrons. The van der Waals surface area contributed by atoms with Gasteiger partial charge < -0.3 is 4.74 Å². The molecule has 14 heavy (non-hydrogen) atoms. The van der Waals surface area contributed by atoms with Gasteiger partial charge in [0, 0.05) is 5.56 Å². The molecule has 1 rings (SSSR count). The molecule has 0 aliphatic carbocycles. The van der Waals surface area contributed by atoms with Gasteiger partial charge in [-0.05, 0) is 19.1 Å². The standard InChI is InChI=1S/C10H10O3S/c1-2-13-9(11)7-5-3-4-6-8(7)10(12)14/h3-6H,2H2,1H3,(H,12,14). The molecule has 0 saturated heterocycles. The molecule has 1 aromatic carbocycles. The zero-order valence-electron chi connectivity index (χ0n) is 7.69. The highest BCUT2D eigenvalue weighted by Crippen LogP contribution is 2.12. The van der Waals surface area contributed by atoms with Gasteiger partial charge in [0.1, 0.15) is 0 Å². The summed E-state index contributed by atoms with van der Waals surface area (Å²) in [5.74, 6) is -0.495. The van der Waals surface area contributed by atoms with Gasteiger partial charge in [0.15, 0.2) is 0 Å². The molecule has 0 amide bonds. The van der Waals surface area contributed by atoms with Gasteiger partial charge in [-0.15, -0.1) is 12.6 Å². The Kier molecular flexibility index (Phi) is 3.71. The molecule has 74 valence electrons. The highest BCUT2D eigenvalue weighted by Gasteiger charge is 2.14. The molecule has 1 aromatic rings. The van der Waals surface area contributed by atoms with E-state index in [1.165, 1.54) is 0 Å². The van der Waals surface area contributed by atoms with Crippen LogP contribution >= 0.6 is 12.6 Å². The van der Waals surface area contributed by atoms with E-state index in [2.05, 4.69) is 12.6 Å². The predicted molar refractivity (Wildman–Crippen MR) is 55.7 cm³/mol. The summed E-state index contributed by atoms with van der Waals surface area (Å²) >= 11 is 3.67. The summed E-state index contributed by atoms with van der Waals surface area (Å²) in [6.45, 7) is 2.00. The van der Waals surface area contributed by atoms with Crippen LogP contribution in [0.25, 0.3) is 0 Å². The maximum atomic E-state index is 11.4. The van der Waals surface area contributed by atoms with Crippen molar-refractivity contribution >= 4 is 23.7 Å². The lowest BCUT2D eigenvalue weighted by molar-refractivity contribution is 0.0524. The monoisotopic (exact) mass is 210 g/mol. The summed E-state index contributed by atoms with van der Waals surface area (Å²) in [6, 6.07) is 6.43. The molecule has 0 unspecified atom stereocenters. The largest absolute Gasteiger partial charge is 0.462 e. The van der Waals surface area contributed by atoms with E-state index in [4.69, 9.17) is 4.74 Å². The lowest BCUT2D eigenvalue weighted by Crippen LogP contribution is -2.09. The number of hydrogen-bond donors (Lipinski definition) is 1. The van der Waals surface area contributed by atoms with Crippen molar-refractivity contribution in [2.24, 2.45) is 0 Å². The topological polar surface area (TPSA) is 43.4 Å². The van der Waals surface area contributed by atoms with Crippen LogP contribution in [0.1, 0.15) is 27.6 Å². The average molecular weight is 210 g/mol. The highest BCUT2D eigenvalue weighted by molar-refractivity contribution is 7.97. The van der Waals surface area contributed by atoms with Gasteiger partial charge in [-0.1, -0.05) is 12.1 Å². The first kappa shape index (κ1) is 10.8. The second-order valence-electron chi connectivity index (χ2n) is 2.57. The molecule has 0 aromatic heterocycles. The molecule has 0 heterocycles. The van der Waals surface area contributed by atoms with Gasteiger partial charge in [-0.3, -0.25) is 4.79 Å². The maximum Gasteiger partial charge on any atom is 0.338 e. The smallest absolute Gasteiger partial charge is 0.338 e. The number of benzene rings is 1. The first-order valence-corrected chi connectivity index (χ1v) is 4.61. The fraction of sp³-hybridized carbons (Fsp3) is 0.200. The molecule has 0 spiro atoms. The molecular formula is C10H10O3S. The maximum absolute atomic E-state index is 11.4. The second-order valence-corrected chi connectivity index (χ2v) is 2.98. The van der Waals surface area contributed by atoms with Gasteiger partial charge in [0.25, 0.3) is 0 Å². The minimum absolute atomic E-state index is 0.259. The van der Waals surface area contributed by atoms with Gasteiger partial charge >= 0.3 is 5.97 Å². The summed E-state index contributed by atoms with van der Waals surface area (Å²) < 4.78 is 4.79. The Morgan fingerprint density at radius 3 is 2.36 bits per heavy atom. The zero-order valence-corrected chi connectivity index (χ0v) is 8.58. The quantitative estimate of drug-likeness (QED) is 0.612. The van der Waals surface area contributed by atoms with E-state index in [-0.39, 0.29) is 17.7 Å². The minimum Gasteiger partial charge on any atom is -0.462 e. The lowest BCUT2D eigenvalue weighted by atomic mass is 10.1. The molecule has 0 N–H and O–H groups in total. The molecular weight excluding hydrogens is 200 g/mol. The molecule has 0 fully saturated rings. The fourth-order valence-electron chi connectivity index (χ4n) is 1.06. The van der Waals surface area contributed by atoms with Gasteiger partial charge in [0.05, 0.1) is 12.2 Å². The molecule has 0 aliphatic rings. The third kappa shape index (κ3) is 2.35. The van der Waals surface area contributed by atoms with Crippen molar-refractivity contribution < 1.29 is 14.3 Å². The van der Waals surface area contributed by atoms with E-state index >= 15 is 0 Å². The Morgan fingerprint density at radius 1 is 1.29 bits per heavy atom. The van der Waals surface area contributed by atoms with E-state index in [1.54, 1.807) is 31.2 Å². The SMILES string of the molecule is CCOC(=O)c1ccccc1C(=O)S. The van der Waals surface area contributed by atoms with Gasteiger partial charge in [-0.2, -0.15) is 0 Å². The van der Waals surface area contributed by atoms with Crippen LogP contribution in [-0.2, 0) is 4.74 Å². The zero-order chi connectivity index (χ0) is 10.6. The number of hydrogen-bond acceptors (Lipinski definition) is 3. The molecule has 0 aliphatic heterocycles. The van der Waals surface area contributed by atoms with Crippen LogP contribution in [0.3, 0.4) is 0 Å². The van der Waals surface area contributed by atoms with Crippen LogP contribution in [0.15, 0.2) is 24.3 Å². The van der Waals surface area contributed by atoms with Crippen LogP contribution in [0.2, 0.25) is 0 Å². The van der Waals surface area contributed by atoms with Crippen LogP contribution in [0.5, 0.6) is 0 Å². The average Bonchev–Trinajstić information content (AvgIpc) is 2.18. The van der Waals surface area contributed by atoms with E-state index in [9.17, 15) is 9.59 Å². The summed E-state index contributed by atoms with van der Waals surface area (Å²) in [5.41, 5.74) is 0.531. The third-order valence-corrected chi connectivity index (χ3v) is 1.89. The summed E-state index contributed by atoms with van der Waals surface area (Å²) in [5, 5.41) is -0.436. The number of rotatable bonds is 3. The van der Waals surface area contributed by atoms with Crippen molar-refractivity contribution in [2.45, 2.75) is 6.92 Å². The third-order valence-electron chi connectivity index (χ3n) is 1.65. The Labute approximate surface area is 87.5 Å². The summed E-state index contributed by atoms with van der Waals surface area (Å²) in [6.07, 6.45) is 0. The van der Waals surface area contributed by atoms with Crippen molar-refractivity contribution in [2.75, 3.05) is 6.61 Å². The summed E-state index contributed by atoms with van der Waals surface area (Å²) in [7, 11) is 0. The van der Waals surface area contributed by atoms with Crippen molar-refractivity contribution in [1.29, 1.82) is 0 Å². The van der Waals surface area contributed by atoms with E-state index in [0.29, 0.717) is 0 Å². The van der Waals surface area contributed by atoms with Crippen LogP contribution in [0.4, 0.5) is 0 Å². The Morgan fingerprint density at radius 2 is 1.86 bits per heavy atom. The van der Waals surface area contributed by atoms with E-state index < -0.39 is 11.1 Å². The summed E-state index contributed by atoms with van der Waals surface area (Å²) in [4.78, 5) is 22.4. The number of carbonyl (C=O) groups excluding carboxylic acids is 2. The molecule has 0 bridgehead atoms. The second kappa shape index (κ2) is 4.81. The Bertz CT molecular complexity index is 360. The molecule has 3 nitrogen and oxygen atoms in total. The molecule has 4 heteroatoms. The van der Waals surface area contributed by atoms with Gasteiger partial charge in [-0.25, -0.2) is 4.79 Å². The van der Waals surface area contributed by atoms with Gasteiger partial charge in [0.2, 0.25) is 5.12 Å². The van der Waals surface area contributed by atoms with Crippen molar-refractivity contribution in [1.82, 2.24) is 0 Å². The number of carbonyl (C=O) groups is 2. The highest BCUT2D eigenvalue weighted by atomic mass is 32.1. The number of ether oxygens (including phenoxy) is 1. The minimum atomic E-state index is -0.495.